The molecule has 1 saturated carbocycles. The molecule has 0 aromatic heterocycles. The van der Waals surface area contributed by atoms with Crippen LogP contribution in [0.3, 0.4) is 0 Å². The van der Waals surface area contributed by atoms with E-state index < -0.39 is 11.7 Å². The van der Waals surface area contributed by atoms with Crippen molar-refractivity contribution < 1.29 is 14.0 Å². The van der Waals surface area contributed by atoms with E-state index in [-0.39, 0.29) is 22.5 Å². The Morgan fingerprint density at radius 3 is 2.55 bits per heavy atom. The lowest BCUT2D eigenvalue weighted by Crippen LogP contribution is -2.36. The summed E-state index contributed by atoms with van der Waals surface area (Å²) in [4.78, 5) is 23.6. The first kappa shape index (κ1) is 16.5. The van der Waals surface area contributed by atoms with Crippen molar-refractivity contribution in [3.63, 3.8) is 0 Å². The highest BCUT2D eigenvalue weighted by Gasteiger charge is 2.19. The van der Waals surface area contributed by atoms with E-state index in [0.29, 0.717) is 5.69 Å². The van der Waals surface area contributed by atoms with Crippen LogP contribution in [0, 0.1) is 0 Å². The van der Waals surface area contributed by atoms with Gasteiger partial charge < -0.3 is 10.6 Å². The summed E-state index contributed by atoms with van der Waals surface area (Å²) in [7, 11) is 0. The van der Waals surface area contributed by atoms with Gasteiger partial charge in [0.2, 0.25) is 0 Å². The number of carbonyl (C=O) groups excluding carboxylic acids is 2. The number of rotatable bonds is 4. The van der Waals surface area contributed by atoms with Gasteiger partial charge in [0.25, 0.3) is 11.8 Å². The van der Waals surface area contributed by atoms with Gasteiger partial charge in [-0.25, -0.2) is 4.39 Å². The summed E-state index contributed by atoms with van der Waals surface area (Å²) in [5, 5.41) is 5.55. The lowest BCUT2D eigenvalue weighted by atomic mass is 9.95. The first-order chi connectivity index (χ1) is 10.5. The average Bonchev–Trinajstić information content (AvgIpc) is 2.50. The van der Waals surface area contributed by atoms with Gasteiger partial charge in [0.1, 0.15) is 0 Å². The van der Waals surface area contributed by atoms with Gasteiger partial charge in [0.15, 0.2) is 5.83 Å². The molecular formula is C16H18ClFN2O2. The minimum absolute atomic E-state index is 0.154. The van der Waals surface area contributed by atoms with Gasteiger partial charge in [-0.15, -0.1) is 0 Å². The summed E-state index contributed by atoms with van der Waals surface area (Å²) < 4.78 is 12.7. The van der Waals surface area contributed by atoms with Gasteiger partial charge in [-0.2, -0.15) is 0 Å². The van der Waals surface area contributed by atoms with Crippen LogP contribution in [0.25, 0.3) is 0 Å². The molecular weight excluding hydrogens is 307 g/mol. The molecule has 1 aliphatic carbocycles. The van der Waals surface area contributed by atoms with Crippen LogP contribution in [-0.2, 0) is 4.79 Å². The molecule has 2 rings (SSSR count). The molecule has 0 atom stereocenters. The van der Waals surface area contributed by atoms with E-state index >= 15 is 0 Å². The first-order valence-electron chi connectivity index (χ1n) is 7.23. The molecule has 1 fully saturated rings. The summed E-state index contributed by atoms with van der Waals surface area (Å²) in [6, 6.07) is 4.58. The van der Waals surface area contributed by atoms with E-state index in [1.165, 1.54) is 24.6 Å². The Balaban J connectivity index is 2.09. The maximum atomic E-state index is 12.7. The number of halogens is 2. The fourth-order valence-corrected chi connectivity index (χ4v) is 2.69. The van der Waals surface area contributed by atoms with Crippen LogP contribution in [0.1, 0.15) is 42.5 Å². The summed E-state index contributed by atoms with van der Waals surface area (Å²) in [6.45, 7) is 2.92. The Hall–Kier alpha value is -1.88. The highest BCUT2D eigenvalue weighted by Crippen LogP contribution is 2.23. The zero-order valence-corrected chi connectivity index (χ0v) is 12.9. The molecule has 4 nitrogen and oxygen atoms in total. The Labute approximate surface area is 133 Å². The molecule has 0 heterocycles. The van der Waals surface area contributed by atoms with Crippen LogP contribution < -0.4 is 10.6 Å². The van der Waals surface area contributed by atoms with Crippen LogP contribution in [0.4, 0.5) is 10.1 Å². The van der Waals surface area contributed by atoms with Crippen LogP contribution in [-0.4, -0.2) is 17.9 Å². The number of nitrogens with one attached hydrogen (secondary N) is 2. The van der Waals surface area contributed by atoms with Crippen molar-refractivity contribution in [1.82, 2.24) is 5.32 Å². The average molecular weight is 325 g/mol. The van der Waals surface area contributed by atoms with Crippen molar-refractivity contribution in [2.24, 2.45) is 0 Å². The molecule has 2 N–H and O–H groups in total. The smallest absolute Gasteiger partial charge is 0.283 e. The summed E-state index contributed by atoms with van der Waals surface area (Å²) >= 11 is 6.04. The molecule has 0 spiro atoms. The van der Waals surface area contributed by atoms with Crippen LogP contribution in [0.15, 0.2) is 30.6 Å². The van der Waals surface area contributed by atoms with Crippen molar-refractivity contribution in [2.75, 3.05) is 5.32 Å². The van der Waals surface area contributed by atoms with Crippen LogP contribution >= 0.6 is 11.6 Å². The molecule has 1 aromatic carbocycles. The van der Waals surface area contributed by atoms with Gasteiger partial charge in [0.05, 0.1) is 10.6 Å². The lowest BCUT2D eigenvalue weighted by molar-refractivity contribution is -0.114. The normalized spacial score (nSPS) is 15.2. The maximum absolute atomic E-state index is 12.7. The monoisotopic (exact) mass is 324 g/mol. The highest BCUT2D eigenvalue weighted by molar-refractivity contribution is 6.34. The zero-order valence-electron chi connectivity index (χ0n) is 12.1. The second-order valence-electron chi connectivity index (χ2n) is 5.36. The van der Waals surface area contributed by atoms with E-state index in [9.17, 15) is 14.0 Å². The molecule has 0 radical (unpaired) electrons. The molecule has 22 heavy (non-hydrogen) atoms. The summed E-state index contributed by atoms with van der Waals surface area (Å²) in [5.74, 6) is -2.32. The third-order valence-corrected chi connectivity index (χ3v) is 3.99. The standard InChI is InChI=1S/C16H18ClFN2O2/c1-10(18)15(21)20-12-7-8-14(17)13(9-12)16(22)19-11-5-3-2-4-6-11/h7-9,11H,1-6H2,(H,19,22)(H,20,21). The molecule has 0 saturated heterocycles. The lowest BCUT2D eigenvalue weighted by Gasteiger charge is -2.23. The highest BCUT2D eigenvalue weighted by atomic mass is 35.5. The predicted molar refractivity (Wildman–Crippen MR) is 84.7 cm³/mol. The second-order valence-corrected chi connectivity index (χ2v) is 5.77. The van der Waals surface area contributed by atoms with Crippen molar-refractivity contribution >= 4 is 29.1 Å². The third-order valence-electron chi connectivity index (χ3n) is 3.66. The second kappa shape index (κ2) is 7.40. The molecule has 2 amide bonds. The fourth-order valence-electron chi connectivity index (χ4n) is 2.49. The molecule has 0 bridgehead atoms. The van der Waals surface area contributed by atoms with E-state index in [1.54, 1.807) is 0 Å². The number of hydrogen-bond donors (Lipinski definition) is 2. The minimum atomic E-state index is -1.09. The van der Waals surface area contributed by atoms with E-state index in [0.717, 1.165) is 25.7 Å². The van der Waals surface area contributed by atoms with E-state index in [4.69, 9.17) is 11.6 Å². The molecule has 1 aromatic rings. The summed E-state index contributed by atoms with van der Waals surface area (Å²) in [5.41, 5.74) is 0.552. The Kier molecular flexibility index (Phi) is 5.55. The molecule has 1 aliphatic rings. The minimum Gasteiger partial charge on any atom is -0.349 e. The number of amides is 2. The van der Waals surface area contributed by atoms with Crippen LogP contribution in [0.2, 0.25) is 5.02 Å². The van der Waals surface area contributed by atoms with Crippen molar-refractivity contribution in [3.05, 3.63) is 41.2 Å². The van der Waals surface area contributed by atoms with Crippen LogP contribution in [0.5, 0.6) is 0 Å². The van der Waals surface area contributed by atoms with E-state index in [2.05, 4.69) is 17.2 Å². The Morgan fingerprint density at radius 1 is 1.23 bits per heavy atom. The fraction of sp³-hybridized carbons (Fsp3) is 0.375. The van der Waals surface area contributed by atoms with E-state index in [1.807, 2.05) is 0 Å². The summed E-state index contributed by atoms with van der Waals surface area (Å²) in [6.07, 6.45) is 5.32. The number of hydrogen-bond acceptors (Lipinski definition) is 2. The largest absolute Gasteiger partial charge is 0.349 e. The quantitative estimate of drug-likeness (QED) is 0.827. The SMILES string of the molecule is C=C(F)C(=O)Nc1ccc(Cl)c(C(=O)NC2CCCCC2)c1. The zero-order chi connectivity index (χ0) is 16.1. The Morgan fingerprint density at radius 2 is 1.91 bits per heavy atom. The number of carbonyl (C=O) groups is 2. The Bertz CT molecular complexity index is 598. The molecule has 0 unspecified atom stereocenters. The van der Waals surface area contributed by atoms with Gasteiger partial charge in [0, 0.05) is 11.7 Å². The third kappa shape index (κ3) is 4.31. The topological polar surface area (TPSA) is 58.2 Å². The molecule has 118 valence electrons. The van der Waals surface area contributed by atoms with Gasteiger partial charge in [-0.1, -0.05) is 37.4 Å². The van der Waals surface area contributed by atoms with Gasteiger partial charge in [-0.3, -0.25) is 9.59 Å². The number of benzene rings is 1. The van der Waals surface area contributed by atoms with Gasteiger partial charge in [-0.05, 0) is 31.0 Å². The van der Waals surface area contributed by atoms with Crippen molar-refractivity contribution in [1.29, 1.82) is 0 Å². The number of anilines is 1. The van der Waals surface area contributed by atoms with Crippen molar-refractivity contribution in [3.8, 4) is 0 Å². The predicted octanol–water partition coefficient (Wildman–Crippen LogP) is 3.82. The van der Waals surface area contributed by atoms with Gasteiger partial charge >= 0.3 is 0 Å². The molecule has 0 aliphatic heterocycles. The maximum Gasteiger partial charge on any atom is 0.283 e. The molecule has 6 heteroatoms. The van der Waals surface area contributed by atoms with Crippen molar-refractivity contribution in [2.45, 2.75) is 38.1 Å². The first-order valence-corrected chi connectivity index (χ1v) is 7.61.